The SMILES string of the molecule is CCOC(=O)c1cc(CC)c(N2CCCC2N(C)C)n2c1nc1ccccc12. The third-order valence-electron chi connectivity index (χ3n) is 5.58. The number of carbonyl (C=O) groups is 1. The molecule has 4 rings (SSSR count). The average Bonchev–Trinajstić information content (AvgIpc) is 3.32. The summed E-state index contributed by atoms with van der Waals surface area (Å²) in [6, 6.07) is 10.1. The van der Waals surface area contributed by atoms with Crippen molar-refractivity contribution in [2.45, 2.75) is 39.3 Å². The van der Waals surface area contributed by atoms with Crippen LogP contribution in [0.2, 0.25) is 0 Å². The molecule has 1 aliphatic heterocycles. The molecule has 1 aromatic carbocycles. The van der Waals surface area contributed by atoms with Crippen LogP contribution in [0.25, 0.3) is 16.7 Å². The van der Waals surface area contributed by atoms with E-state index in [9.17, 15) is 4.79 Å². The van der Waals surface area contributed by atoms with Crippen molar-refractivity contribution in [1.29, 1.82) is 0 Å². The number of para-hydroxylation sites is 2. The number of pyridine rings is 1. The van der Waals surface area contributed by atoms with Gasteiger partial charge in [-0.3, -0.25) is 9.30 Å². The van der Waals surface area contributed by atoms with Gasteiger partial charge in [0.05, 0.1) is 23.8 Å². The third-order valence-corrected chi connectivity index (χ3v) is 5.58. The Morgan fingerprint density at radius 2 is 2.07 bits per heavy atom. The first-order valence-electron chi connectivity index (χ1n) is 10.1. The Kier molecular flexibility index (Phi) is 4.98. The van der Waals surface area contributed by atoms with Crippen molar-refractivity contribution in [1.82, 2.24) is 14.3 Å². The van der Waals surface area contributed by atoms with E-state index in [2.05, 4.69) is 41.3 Å². The van der Waals surface area contributed by atoms with Crippen LogP contribution < -0.4 is 4.90 Å². The number of hydrogen-bond acceptors (Lipinski definition) is 5. The van der Waals surface area contributed by atoms with Crippen LogP contribution in [0.4, 0.5) is 5.82 Å². The van der Waals surface area contributed by atoms with Gasteiger partial charge in [-0.15, -0.1) is 0 Å². The van der Waals surface area contributed by atoms with Gasteiger partial charge in [0.2, 0.25) is 0 Å². The highest BCUT2D eigenvalue weighted by molar-refractivity contribution is 5.99. The number of aromatic nitrogens is 2. The number of rotatable bonds is 5. The summed E-state index contributed by atoms with van der Waals surface area (Å²) >= 11 is 0. The lowest BCUT2D eigenvalue weighted by Crippen LogP contribution is -2.41. The smallest absolute Gasteiger partial charge is 0.341 e. The quantitative estimate of drug-likeness (QED) is 0.632. The zero-order valence-electron chi connectivity index (χ0n) is 17.1. The molecule has 0 amide bonds. The first kappa shape index (κ1) is 18.7. The summed E-state index contributed by atoms with van der Waals surface area (Å²) in [5.41, 5.74) is 4.28. The Morgan fingerprint density at radius 1 is 1.29 bits per heavy atom. The molecule has 1 saturated heterocycles. The van der Waals surface area contributed by atoms with E-state index in [-0.39, 0.29) is 5.97 Å². The Morgan fingerprint density at radius 3 is 2.79 bits per heavy atom. The maximum atomic E-state index is 12.7. The lowest BCUT2D eigenvalue weighted by Gasteiger charge is -2.33. The highest BCUT2D eigenvalue weighted by Crippen LogP contribution is 2.35. The summed E-state index contributed by atoms with van der Waals surface area (Å²) in [5, 5.41) is 0. The molecule has 1 atom stereocenters. The van der Waals surface area contributed by atoms with Crippen molar-refractivity contribution in [2.75, 3.05) is 32.1 Å². The topological polar surface area (TPSA) is 50.1 Å². The number of anilines is 1. The molecule has 0 radical (unpaired) electrons. The van der Waals surface area contributed by atoms with Crippen molar-refractivity contribution < 1.29 is 9.53 Å². The zero-order chi connectivity index (χ0) is 19.8. The molecule has 0 bridgehead atoms. The minimum atomic E-state index is -0.311. The highest BCUT2D eigenvalue weighted by Gasteiger charge is 2.31. The van der Waals surface area contributed by atoms with Gasteiger partial charge >= 0.3 is 5.97 Å². The molecule has 28 heavy (non-hydrogen) atoms. The summed E-state index contributed by atoms with van der Waals surface area (Å²) in [6.07, 6.45) is 3.45. The van der Waals surface area contributed by atoms with E-state index in [1.807, 2.05) is 31.2 Å². The number of carbonyl (C=O) groups excluding carboxylic acids is 1. The highest BCUT2D eigenvalue weighted by atomic mass is 16.5. The number of benzene rings is 1. The van der Waals surface area contributed by atoms with Crippen LogP contribution in [0.5, 0.6) is 0 Å². The summed E-state index contributed by atoms with van der Waals surface area (Å²) < 4.78 is 7.51. The van der Waals surface area contributed by atoms with Gasteiger partial charge in [-0.25, -0.2) is 9.78 Å². The van der Waals surface area contributed by atoms with E-state index in [1.54, 1.807) is 0 Å². The fraction of sp³-hybridized carbons (Fsp3) is 0.455. The van der Waals surface area contributed by atoms with Crippen molar-refractivity contribution in [3.05, 3.63) is 41.5 Å². The second-order valence-electron chi connectivity index (χ2n) is 7.52. The molecule has 0 spiro atoms. The Bertz CT molecular complexity index is 1020. The fourth-order valence-corrected chi connectivity index (χ4v) is 4.33. The Labute approximate surface area is 165 Å². The number of fused-ring (bicyclic) bond motifs is 3. The van der Waals surface area contributed by atoms with Gasteiger partial charge in [-0.2, -0.15) is 0 Å². The third kappa shape index (κ3) is 2.92. The maximum absolute atomic E-state index is 12.7. The molecule has 148 valence electrons. The Hall–Kier alpha value is -2.60. The largest absolute Gasteiger partial charge is 0.462 e. The van der Waals surface area contributed by atoms with Crippen LogP contribution >= 0.6 is 0 Å². The van der Waals surface area contributed by atoms with Crippen LogP contribution in [0.3, 0.4) is 0 Å². The number of hydrogen-bond donors (Lipinski definition) is 0. The van der Waals surface area contributed by atoms with E-state index < -0.39 is 0 Å². The number of imidazole rings is 1. The Balaban J connectivity index is 2.06. The van der Waals surface area contributed by atoms with Crippen molar-refractivity contribution in [3.8, 4) is 0 Å². The predicted octanol–water partition coefficient (Wildman–Crippen LogP) is 3.71. The molecule has 3 aromatic rings. The number of aryl methyl sites for hydroxylation is 1. The zero-order valence-corrected chi connectivity index (χ0v) is 17.1. The molecular weight excluding hydrogens is 352 g/mol. The summed E-state index contributed by atoms with van der Waals surface area (Å²) in [5.74, 6) is 0.838. The van der Waals surface area contributed by atoms with Gasteiger partial charge in [0.25, 0.3) is 0 Å². The first-order chi connectivity index (χ1) is 13.6. The lowest BCUT2D eigenvalue weighted by atomic mass is 10.1. The van der Waals surface area contributed by atoms with Crippen molar-refractivity contribution in [2.24, 2.45) is 0 Å². The van der Waals surface area contributed by atoms with Crippen LogP contribution in [-0.2, 0) is 11.2 Å². The molecule has 3 heterocycles. The van der Waals surface area contributed by atoms with E-state index in [1.165, 1.54) is 0 Å². The molecule has 0 N–H and O–H groups in total. The summed E-state index contributed by atoms with van der Waals surface area (Å²) in [6.45, 7) is 5.32. The van der Waals surface area contributed by atoms with E-state index in [0.29, 0.717) is 24.0 Å². The van der Waals surface area contributed by atoms with E-state index >= 15 is 0 Å². The van der Waals surface area contributed by atoms with Crippen LogP contribution in [0.15, 0.2) is 30.3 Å². The van der Waals surface area contributed by atoms with Crippen LogP contribution in [0, 0.1) is 0 Å². The molecule has 2 aromatic heterocycles. The minimum Gasteiger partial charge on any atom is -0.462 e. The molecule has 0 aliphatic carbocycles. The van der Waals surface area contributed by atoms with Gasteiger partial charge in [0.15, 0.2) is 5.65 Å². The van der Waals surface area contributed by atoms with Gasteiger partial charge in [-0.05, 0) is 64.0 Å². The van der Waals surface area contributed by atoms with Gasteiger partial charge in [-0.1, -0.05) is 19.1 Å². The van der Waals surface area contributed by atoms with E-state index in [0.717, 1.165) is 48.2 Å². The van der Waals surface area contributed by atoms with E-state index in [4.69, 9.17) is 9.72 Å². The van der Waals surface area contributed by atoms with Crippen LogP contribution in [-0.4, -0.2) is 53.7 Å². The van der Waals surface area contributed by atoms with Gasteiger partial charge < -0.3 is 9.64 Å². The molecule has 0 saturated carbocycles. The fourth-order valence-electron chi connectivity index (χ4n) is 4.33. The van der Waals surface area contributed by atoms with Gasteiger partial charge in [0, 0.05) is 6.54 Å². The summed E-state index contributed by atoms with van der Waals surface area (Å²) in [4.78, 5) is 22.3. The second-order valence-corrected chi connectivity index (χ2v) is 7.52. The average molecular weight is 380 g/mol. The van der Waals surface area contributed by atoms with Crippen molar-refractivity contribution in [3.63, 3.8) is 0 Å². The molecule has 6 heteroatoms. The maximum Gasteiger partial charge on any atom is 0.341 e. The summed E-state index contributed by atoms with van der Waals surface area (Å²) in [7, 11) is 4.26. The monoisotopic (exact) mass is 380 g/mol. The first-order valence-corrected chi connectivity index (χ1v) is 10.1. The minimum absolute atomic E-state index is 0.311. The second kappa shape index (κ2) is 7.43. The molecule has 1 unspecified atom stereocenters. The number of nitrogens with zero attached hydrogens (tertiary/aromatic N) is 4. The van der Waals surface area contributed by atoms with Gasteiger partial charge in [0.1, 0.15) is 11.4 Å². The molecular formula is C22H28N4O2. The molecule has 1 fully saturated rings. The predicted molar refractivity (Wildman–Crippen MR) is 112 cm³/mol. The van der Waals surface area contributed by atoms with Crippen molar-refractivity contribution >= 4 is 28.5 Å². The normalized spacial score (nSPS) is 17.2. The molecule has 6 nitrogen and oxygen atoms in total. The number of ether oxygens (including phenoxy) is 1. The molecule has 1 aliphatic rings. The van der Waals surface area contributed by atoms with Crippen LogP contribution in [0.1, 0.15) is 42.6 Å². The number of esters is 1. The lowest BCUT2D eigenvalue weighted by molar-refractivity contribution is 0.0528. The standard InChI is InChI=1S/C22H28N4O2/c1-5-15-14-16(22(27)28-6-2)20-23-17-10-7-8-11-18(17)26(20)21(15)25-13-9-12-19(25)24(3)4/h7-8,10-11,14,19H,5-6,9,12-13H2,1-4H3.